The maximum atomic E-state index is 3.72. The third-order valence-electron chi connectivity index (χ3n) is 1.45. The smallest absolute Gasteiger partial charge is 0.343 e. The molecule has 0 spiro atoms. The molecule has 0 nitrogen and oxygen atoms in total. The minimum atomic E-state index is 0. The van der Waals surface area contributed by atoms with E-state index < -0.39 is 0 Å². The predicted octanol–water partition coefficient (Wildman–Crippen LogP) is 3.98. The summed E-state index contributed by atoms with van der Waals surface area (Å²) in [5, 5.41) is 0. The number of benzene rings is 1. The summed E-state index contributed by atoms with van der Waals surface area (Å²) in [6.07, 6.45) is 3.65. The molecule has 1 aromatic carbocycles. The third kappa shape index (κ3) is 20.6. The monoisotopic (exact) mass is 256 g/mol. The van der Waals surface area contributed by atoms with E-state index in [1.54, 1.807) is 0 Å². The predicted molar refractivity (Wildman–Crippen MR) is 79.9 cm³/mol. The molecule has 1 rings (SSSR count). The fourth-order valence-corrected chi connectivity index (χ4v) is 0.728. The van der Waals surface area contributed by atoms with Crippen LogP contribution in [0.1, 0.15) is 31.7 Å². The Morgan fingerprint density at radius 3 is 1.73 bits per heavy atom. The topological polar surface area (TPSA) is 0 Å². The molecule has 84 valence electrons. The van der Waals surface area contributed by atoms with Crippen LogP contribution in [0.2, 0.25) is 0 Å². The van der Waals surface area contributed by atoms with Crippen molar-refractivity contribution < 1.29 is 0 Å². The van der Waals surface area contributed by atoms with Gasteiger partial charge in [-0.1, -0.05) is 25.8 Å². The van der Waals surface area contributed by atoms with E-state index in [1.807, 2.05) is 30.3 Å². The molecular formula is C12H22ClMgP. The molecule has 0 amide bonds. The van der Waals surface area contributed by atoms with E-state index in [0.29, 0.717) is 0 Å². The zero-order valence-electron chi connectivity index (χ0n) is 9.74. The second kappa shape index (κ2) is 20.0. The summed E-state index contributed by atoms with van der Waals surface area (Å²) in [5.41, 5.74) is 1.07. The Hall–Kier alpha value is 0.576. The first-order chi connectivity index (χ1) is 5.81. The van der Waals surface area contributed by atoms with Gasteiger partial charge in [0.1, 0.15) is 0 Å². The summed E-state index contributed by atoms with van der Waals surface area (Å²) >= 11 is 0. The molecule has 1 aromatic rings. The van der Waals surface area contributed by atoms with Crippen LogP contribution in [-0.2, 0) is 0 Å². The number of halogens is 1. The Morgan fingerprint density at radius 1 is 1.13 bits per heavy atom. The van der Waals surface area contributed by atoms with Crippen molar-refractivity contribution in [3.05, 3.63) is 49.7 Å². The molecular weight excluding hydrogens is 235 g/mol. The first-order valence-corrected chi connectivity index (χ1v) is 4.47. The van der Waals surface area contributed by atoms with Crippen molar-refractivity contribution in [2.75, 3.05) is 0 Å². The molecule has 3 heteroatoms. The molecule has 0 saturated carbocycles. The molecule has 0 fully saturated rings. The van der Waals surface area contributed by atoms with E-state index in [0.717, 1.165) is 12.0 Å². The van der Waals surface area contributed by atoms with Gasteiger partial charge in [-0.3, -0.25) is 0 Å². The summed E-state index contributed by atoms with van der Waals surface area (Å²) in [6.45, 7) is 9.57. The van der Waals surface area contributed by atoms with Gasteiger partial charge in [0.25, 0.3) is 0 Å². The molecule has 0 saturated heterocycles. The van der Waals surface area contributed by atoms with Crippen LogP contribution in [-0.4, -0.2) is 23.1 Å². The number of rotatable bonds is 2. The van der Waals surface area contributed by atoms with Crippen LogP contribution in [0.25, 0.3) is 0 Å². The normalized spacial score (nSPS) is 6.80. The third-order valence-corrected chi connectivity index (χ3v) is 1.45. The van der Waals surface area contributed by atoms with Crippen molar-refractivity contribution >= 4 is 45.4 Å². The Labute approximate surface area is 121 Å². The zero-order valence-corrected chi connectivity index (χ0v) is 13.4. The molecule has 1 atom stereocenters. The van der Waals surface area contributed by atoms with Crippen molar-refractivity contribution in [2.45, 2.75) is 26.2 Å². The van der Waals surface area contributed by atoms with Gasteiger partial charge in [-0.05, 0) is 0 Å². The number of hydrogen-bond acceptors (Lipinski definition) is 0. The molecule has 1 unspecified atom stereocenters. The van der Waals surface area contributed by atoms with Crippen molar-refractivity contribution in [3.63, 3.8) is 0 Å². The van der Waals surface area contributed by atoms with Crippen LogP contribution in [0.5, 0.6) is 0 Å². The van der Waals surface area contributed by atoms with Gasteiger partial charge in [0.05, 0.1) is 0 Å². The summed E-state index contributed by atoms with van der Waals surface area (Å²) in [7, 11) is 0. The van der Waals surface area contributed by atoms with E-state index in [2.05, 4.69) is 20.8 Å². The Kier molecular flexibility index (Phi) is 33.0. The van der Waals surface area contributed by atoms with Crippen LogP contribution in [0, 0.1) is 13.8 Å². The molecule has 0 aliphatic heterocycles. The van der Waals surface area contributed by atoms with Crippen molar-refractivity contribution in [3.8, 4) is 0 Å². The van der Waals surface area contributed by atoms with Crippen LogP contribution >= 0.6 is 22.3 Å². The van der Waals surface area contributed by atoms with Crippen LogP contribution in [0.4, 0.5) is 0 Å². The van der Waals surface area contributed by atoms with Gasteiger partial charge in [-0.15, -0.1) is 24.5 Å². The average molecular weight is 257 g/mol. The van der Waals surface area contributed by atoms with E-state index in [4.69, 9.17) is 0 Å². The standard InChI is InChI=1S/C7H7.C5H11.ClH.Mg.H3P/c1-7-5-3-2-4-6-7;1-3-5-4-2;;;/h2-6H,1H2;1,3-5H2,2H3;1H;;1H3/q2*-1;;+2;. The van der Waals surface area contributed by atoms with Gasteiger partial charge >= 0.3 is 23.1 Å². The zero-order chi connectivity index (χ0) is 9.23. The van der Waals surface area contributed by atoms with E-state index >= 15 is 0 Å². The molecule has 15 heavy (non-hydrogen) atoms. The first-order valence-electron chi connectivity index (χ1n) is 4.47. The second-order valence-corrected chi connectivity index (χ2v) is 2.69. The number of hydrogen-bond donors (Lipinski definition) is 0. The maximum absolute atomic E-state index is 3.72. The quantitative estimate of drug-likeness (QED) is 0.427. The molecule has 0 aliphatic rings. The fourth-order valence-electron chi connectivity index (χ4n) is 0.728. The molecule has 0 heterocycles. The van der Waals surface area contributed by atoms with Gasteiger partial charge in [0, 0.05) is 0 Å². The van der Waals surface area contributed by atoms with Gasteiger partial charge in [-0.25, -0.2) is 0 Å². The second-order valence-electron chi connectivity index (χ2n) is 2.69. The molecule has 0 N–H and O–H groups in total. The molecule has 0 aromatic heterocycles. The van der Waals surface area contributed by atoms with Crippen LogP contribution in [0.3, 0.4) is 0 Å². The maximum Gasteiger partial charge on any atom is 2.00 e. The molecule has 0 bridgehead atoms. The van der Waals surface area contributed by atoms with Gasteiger partial charge in [0.2, 0.25) is 0 Å². The Bertz CT molecular complexity index is 178. The van der Waals surface area contributed by atoms with Crippen molar-refractivity contribution in [2.24, 2.45) is 0 Å². The Balaban J connectivity index is -0.0000000701. The van der Waals surface area contributed by atoms with Crippen LogP contribution < -0.4 is 0 Å². The summed E-state index contributed by atoms with van der Waals surface area (Å²) in [5.74, 6) is 0. The minimum absolute atomic E-state index is 0. The number of unbranched alkanes of at least 4 members (excludes halogenated alkanes) is 2. The summed E-state index contributed by atoms with van der Waals surface area (Å²) < 4.78 is 0. The van der Waals surface area contributed by atoms with E-state index in [1.165, 1.54) is 12.8 Å². The summed E-state index contributed by atoms with van der Waals surface area (Å²) in [4.78, 5) is 0. The fraction of sp³-hybridized carbons (Fsp3) is 0.333. The van der Waals surface area contributed by atoms with Gasteiger partial charge < -0.3 is 6.92 Å². The summed E-state index contributed by atoms with van der Waals surface area (Å²) in [6, 6.07) is 9.87. The Morgan fingerprint density at radius 2 is 1.60 bits per heavy atom. The van der Waals surface area contributed by atoms with E-state index in [-0.39, 0.29) is 45.4 Å². The minimum Gasteiger partial charge on any atom is -0.343 e. The van der Waals surface area contributed by atoms with Crippen molar-refractivity contribution in [1.29, 1.82) is 0 Å². The van der Waals surface area contributed by atoms with E-state index in [9.17, 15) is 0 Å². The molecule has 0 radical (unpaired) electrons. The molecule has 0 aliphatic carbocycles. The van der Waals surface area contributed by atoms with Crippen LogP contribution in [0.15, 0.2) is 30.3 Å². The first kappa shape index (κ1) is 24.7. The van der Waals surface area contributed by atoms with Crippen molar-refractivity contribution in [1.82, 2.24) is 0 Å². The van der Waals surface area contributed by atoms with Gasteiger partial charge in [0.15, 0.2) is 0 Å². The average Bonchev–Trinajstić information content (AvgIpc) is 2.08. The largest absolute Gasteiger partial charge is 2.00 e. The SMILES string of the molecule is Cl.P.[CH2-]CCCC.[CH2-]c1ccccc1.[Mg+2]. The van der Waals surface area contributed by atoms with Gasteiger partial charge in [-0.2, -0.15) is 40.9 Å².